The predicted molar refractivity (Wildman–Crippen MR) is 133 cm³/mol. The molecule has 1 saturated heterocycles. The number of ketones is 1. The van der Waals surface area contributed by atoms with Crippen molar-refractivity contribution in [3.8, 4) is 5.19 Å². The summed E-state index contributed by atoms with van der Waals surface area (Å²) in [7, 11) is 0. The summed E-state index contributed by atoms with van der Waals surface area (Å²) in [6.45, 7) is 2.25. The zero-order valence-electron chi connectivity index (χ0n) is 20.0. The number of hydrogen-bond donors (Lipinski definition) is 1. The number of rotatable bonds is 3. The molecule has 3 aliphatic rings. The molecular formula is C27H32N2O5S. The van der Waals surface area contributed by atoms with Gasteiger partial charge in [-0.3, -0.25) is 14.4 Å². The molecule has 0 spiro atoms. The molecule has 1 amide bonds. The highest BCUT2D eigenvalue weighted by Gasteiger charge is 2.61. The third-order valence-electron chi connectivity index (χ3n) is 7.81. The number of allylic oxidation sites excluding steroid dienone is 2. The van der Waals surface area contributed by atoms with Crippen LogP contribution in [0.3, 0.4) is 0 Å². The summed E-state index contributed by atoms with van der Waals surface area (Å²) in [6.07, 6.45) is 9.20. The van der Waals surface area contributed by atoms with Gasteiger partial charge in [0.15, 0.2) is 5.78 Å². The number of hydrogen-bond acceptors (Lipinski definition) is 6. The van der Waals surface area contributed by atoms with Crippen molar-refractivity contribution in [2.75, 3.05) is 6.54 Å². The van der Waals surface area contributed by atoms with Crippen molar-refractivity contribution in [1.82, 2.24) is 9.88 Å². The molecule has 8 heteroatoms. The van der Waals surface area contributed by atoms with E-state index in [1.54, 1.807) is 4.90 Å². The third kappa shape index (κ3) is 4.85. The summed E-state index contributed by atoms with van der Waals surface area (Å²) < 4.78 is 7.20. The van der Waals surface area contributed by atoms with Gasteiger partial charge in [-0.05, 0) is 43.7 Å². The van der Waals surface area contributed by atoms with E-state index < -0.39 is 17.4 Å². The van der Waals surface area contributed by atoms with Gasteiger partial charge in [0, 0.05) is 18.8 Å². The zero-order chi connectivity index (χ0) is 24.6. The van der Waals surface area contributed by atoms with Gasteiger partial charge in [-0.25, -0.2) is 4.98 Å². The number of Topliss-reactive ketones (excluding diaryl/α,β-unsaturated/α-hetero) is 1. The van der Waals surface area contributed by atoms with Gasteiger partial charge in [0.05, 0.1) is 28.2 Å². The fraction of sp³-hybridized carbons (Fsp3) is 0.556. The number of thiazole rings is 1. The Morgan fingerprint density at radius 2 is 2.06 bits per heavy atom. The van der Waals surface area contributed by atoms with Crippen molar-refractivity contribution in [2.24, 2.45) is 17.3 Å². The molecule has 2 fully saturated rings. The predicted octanol–water partition coefficient (Wildman–Crippen LogP) is 4.85. The molecular weight excluding hydrogens is 464 g/mol. The molecule has 7 nitrogen and oxygen atoms in total. The van der Waals surface area contributed by atoms with Gasteiger partial charge in [-0.15, -0.1) is 0 Å². The minimum atomic E-state index is -1.04. The molecule has 35 heavy (non-hydrogen) atoms. The van der Waals surface area contributed by atoms with Crippen molar-refractivity contribution < 1.29 is 24.2 Å². The average Bonchev–Trinajstić information content (AvgIpc) is 3.15. The summed E-state index contributed by atoms with van der Waals surface area (Å²) in [6, 6.07) is 7.14. The van der Waals surface area contributed by atoms with Crippen molar-refractivity contribution >= 4 is 39.2 Å². The van der Waals surface area contributed by atoms with E-state index in [4.69, 9.17) is 4.74 Å². The maximum absolute atomic E-state index is 13.5. The number of aliphatic carboxylic acids is 1. The summed E-state index contributed by atoms with van der Waals surface area (Å²) >= 11 is 1.45. The highest BCUT2D eigenvalue weighted by Crippen LogP contribution is 2.57. The van der Waals surface area contributed by atoms with Crippen LogP contribution in [0.15, 0.2) is 36.4 Å². The van der Waals surface area contributed by atoms with Crippen molar-refractivity contribution in [1.29, 1.82) is 0 Å². The topological polar surface area (TPSA) is 96.8 Å². The second-order valence-electron chi connectivity index (χ2n) is 10.3. The zero-order valence-corrected chi connectivity index (χ0v) is 20.8. The minimum absolute atomic E-state index is 0.0385. The van der Waals surface area contributed by atoms with Crippen LogP contribution in [0.4, 0.5) is 0 Å². The smallest absolute Gasteiger partial charge is 0.310 e. The number of para-hydroxylation sites is 1. The van der Waals surface area contributed by atoms with Crippen LogP contribution in [0.25, 0.3) is 10.2 Å². The summed E-state index contributed by atoms with van der Waals surface area (Å²) in [5.74, 6) is -1.43. The SMILES string of the molecule is C[C@H]1CCCCC/C=C\[C@@H]2C[C@@]2(C(=O)O)CC(=O)[C@@H]2C[C@@H](Oc3nc4ccccc4s3)CN2C1=O. The first kappa shape index (κ1) is 24.0. The van der Waals surface area contributed by atoms with Crippen LogP contribution in [-0.2, 0) is 14.4 Å². The standard InChI is InChI=1S/C27H32N2O5S/c1-17-9-5-3-2-4-6-10-18-14-27(18,25(32)33)15-22(30)21-13-19(16-29(21)24(17)31)34-26-28-20-11-7-8-12-23(20)35-26/h6-8,10-12,17-19,21H,2-5,9,13-16H2,1H3,(H,32,33)/b10-6-/t17-,18+,19+,21-,27+/m0/s1. The number of carboxylic acids is 1. The van der Waals surface area contributed by atoms with E-state index in [1.807, 2.05) is 37.3 Å². The second kappa shape index (κ2) is 9.72. The number of carbonyl (C=O) groups is 3. The lowest BCUT2D eigenvalue weighted by Gasteiger charge is -2.27. The van der Waals surface area contributed by atoms with Crippen molar-refractivity contribution in [3.05, 3.63) is 36.4 Å². The van der Waals surface area contributed by atoms with E-state index in [1.165, 1.54) is 11.3 Å². The van der Waals surface area contributed by atoms with E-state index in [0.29, 0.717) is 24.6 Å². The first-order chi connectivity index (χ1) is 16.9. The molecule has 1 aliphatic carbocycles. The summed E-state index contributed by atoms with van der Waals surface area (Å²) in [4.78, 5) is 45.3. The molecule has 5 atom stereocenters. The Labute approximate surface area is 209 Å². The lowest BCUT2D eigenvalue weighted by molar-refractivity contribution is -0.147. The second-order valence-corrected chi connectivity index (χ2v) is 11.3. The Morgan fingerprint density at radius 3 is 2.86 bits per heavy atom. The van der Waals surface area contributed by atoms with Crippen LogP contribution < -0.4 is 4.74 Å². The first-order valence-electron chi connectivity index (χ1n) is 12.6. The third-order valence-corrected chi connectivity index (χ3v) is 8.73. The number of ether oxygens (including phenoxy) is 1. The van der Waals surface area contributed by atoms with Crippen LogP contribution in [0.2, 0.25) is 0 Å². The molecule has 1 aromatic heterocycles. The molecule has 2 aromatic rings. The lowest BCUT2D eigenvalue weighted by Crippen LogP contribution is -2.44. The van der Waals surface area contributed by atoms with Crippen LogP contribution in [0, 0.1) is 17.3 Å². The van der Waals surface area contributed by atoms with E-state index in [-0.39, 0.29) is 36.1 Å². The summed E-state index contributed by atoms with van der Waals surface area (Å²) in [5.41, 5.74) is -0.183. The van der Waals surface area contributed by atoms with Crippen LogP contribution in [0.5, 0.6) is 5.19 Å². The van der Waals surface area contributed by atoms with E-state index in [0.717, 1.165) is 42.3 Å². The lowest BCUT2D eigenvalue weighted by atomic mass is 9.91. The maximum Gasteiger partial charge on any atom is 0.310 e. The number of carbonyl (C=O) groups excluding carboxylic acids is 2. The Bertz CT molecular complexity index is 1130. The number of amides is 1. The molecule has 3 heterocycles. The van der Waals surface area contributed by atoms with Gasteiger partial charge in [-0.1, -0.05) is 55.4 Å². The number of fused-ring (bicyclic) bond motifs is 3. The Kier molecular flexibility index (Phi) is 6.66. The van der Waals surface area contributed by atoms with Gasteiger partial charge < -0.3 is 14.7 Å². The highest BCUT2D eigenvalue weighted by atomic mass is 32.1. The van der Waals surface area contributed by atoms with Gasteiger partial charge in [0.1, 0.15) is 6.10 Å². The Hall–Kier alpha value is -2.74. The maximum atomic E-state index is 13.5. The van der Waals surface area contributed by atoms with Gasteiger partial charge in [0.25, 0.3) is 5.19 Å². The molecule has 5 rings (SSSR count). The van der Waals surface area contributed by atoms with Crippen molar-refractivity contribution in [2.45, 2.75) is 70.4 Å². The molecule has 1 N–H and O–H groups in total. The van der Waals surface area contributed by atoms with Crippen LogP contribution in [0.1, 0.15) is 58.3 Å². The fourth-order valence-electron chi connectivity index (χ4n) is 5.57. The minimum Gasteiger partial charge on any atom is -0.481 e. The van der Waals surface area contributed by atoms with Gasteiger partial charge >= 0.3 is 5.97 Å². The summed E-state index contributed by atoms with van der Waals surface area (Å²) in [5, 5.41) is 10.5. The molecule has 1 aromatic carbocycles. The van der Waals surface area contributed by atoms with E-state index in [9.17, 15) is 19.5 Å². The normalized spacial score (nSPS) is 32.9. The molecule has 1 saturated carbocycles. The average molecular weight is 497 g/mol. The first-order valence-corrected chi connectivity index (χ1v) is 13.4. The molecule has 0 unspecified atom stereocenters. The fourth-order valence-corrected chi connectivity index (χ4v) is 6.45. The van der Waals surface area contributed by atoms with E-state index >= 15 is 0 Å². The van der Waals surface area contributed by atoms with Crippen LogP contribution in [-0.4, -0.2) is 51.3 Å². The Balaban J connectivity index is 1.38. The molecule has 2 aliphatic heterocycles. The number of carboxylic acid groups (broad SMARTS) is 1. The largest absolute Gasteiger partial charge is 0.481 e. The molecule has 186 valence electrons. The number of nitrogens with zero attached hydrogens (tertiary/aromatic N) is 2. The van der Waals surface area contributed by atoms with Gasteiger partial charge in [0.2, 0.25) is 5.91 Å². The highest BCUT2D eigenvalue weighted by molar-refractivity contribution is 7.20. The van der Waals surface area contributed by atoms with Crippen LogP contribution >= 0.6 is 11.3 Å². The Morgan fingerprint density at radius 1 is 1.23 bits per heavy atom. The number of aromatic nitrogens is 1. The quantitative estimate of drug-likeness (QED) is 0.610. The van der Waals surface area contributed by atoms with Gasteiger partial charge in [-0.2, -0.15) is 0 Å². The molecule has 0 bridgehead atoms. The molecule has 0 radical (unpaired) electrons. The number of benzene rings is 1. The van der Waals surface area contributed by atoms with E-state index in [2.05, 4.69) is 11.1 Å². The monoisotopic (exact) mass is 496 g/mol. The van der Waals surface area contributed by atoms with Crippen molar-refractivity contribution in [3.63, 3.8) is 0 Å².